The van der Waals surface area contributed by atoms with Crippen LogP contribution in [-0.4, -0.2) is 27.6 Å². The third-order valence-electron chi connectivity index (χ3n) is 4.97. The monoisotopic (exact) mass is 418 g/mol. The minimum atomic E-state index is -0.351. The first-order valence-corrected chi connectivity index (χ1v) is 10.1. The predicted octanol–water partition coefficient (Wildman–Crippen LogP) is 4.60. The van der Waals surface area contributed by atoms with E-state index in [2.05, 4.69) is 20.4 Å². The van der Waals surface area contributed by atoms with Crippen LogP contribution < -0.4 is 5.32 Å². The van der Waals surface area contributed by atoms with Crippen molar-refractivity contribution in [1.82, 2.24) is 15.3 Å². The van der Waals surface area contributed by atoms with Gasteiger partial charge in [-0.15, -0.1) is 0 Å². The molecular weight excluding hydrogens is 395 g/mol. The van der Waals surface area contributed by atoms with Gasteiger partial charge in [-0.1, -0.05) is 17.3 Å². The second-order valence-electron chi connectivity index (χ2n) is 7.88. The molecule has 0 fully saturated rings. The van der Waals surface area contributed by atoms with Gasteiger partial charge >= 0.3 is 0 Å². The smallest absolute Gasteiger partial charge is 0.251 e. The number of aryl methyl sites for hydroxylation is 1. The number of benzene rings is 2. The van der Waals surface area contributed by atoms with Crippen molar-refractivity contribution in [3.8, 4) is 11.1 Å². The molecule has 2 aromatic carbocycles. The zero-order chi connectivity index (χ0) is 22.0. The number of halogens is 1. The van der Waals surface area contributed by atoms with Crippen LogP contribution in [0.5, 0.6) is 0 Å². The Morgan fingerprint density at radius 3 is 2.68 bits per heavy atom. The average molecular weight is 418 g/mol. The topological polar surface area (TPSA) is 76.5 Å². The van der Waals surface area contributed by atoms with E-state index in [0.29, 0.717) is 40.1 Å². The number of nitrogens with zero attached hydrogens (tertiary/aromatic N) is 3. The van der Waals surface area contributed by atoms with Gasteiger partial charge in [0.05, 0.1) is 11.9 Å². The van der Waals surface area contributed by atoms with Crippen molar-refractivity contribution in [2.75, 3.05) is 0 Å². The summed E-state index contributed by atoms with van der Waals surface area (Å²) in [6.07, 6.45) is 4.97. The maximum atomic E-state index is 14.7. The molecule has 1 atom stereocenters. The van der Waals surface area contributed by atoms with Crippen molar-refractivity contribution in [3.05, 3.63) is 83.2 Å². The number of rotatable bonds is 5. The zero-order valence-electron chi connectivity index (χ0n) is 17.6. The molecule has 1 aliphatic heterocycles. The van der Waals surface area contributed by atoms with E-state index in [9.17, 15) is 9.18 Å². The Morgan fingerprint density at radius 1 is 1.16 bits per heavy atom. The fourth-order valence-corrected chi connectivity index (χ4v) is 3.46. The van der Waals surface area contributed by atoms with Crippen molar-refractivity contribution in [2.45, 2.75) is 39.3 Å². The molecular formula is C24H23FN4O2. The van der Waals surface area contributed by atoms with Crippen molar-refractivity contribution in [2.24, 2.45) is 5.16 Å². The highest BCUT2D eigenvalue weighted by Gasteiger charge is 2.26. The van der Waals surface area contributed by atoms with Gasteiger partial charge in [0.1, 0.15) is 11.5 Å². The maximum absolute atomic E-state index is 14.7. The van der Waals surface area contributed by atoms with Crippen LogP contribution in [0.2, 0.25) is 0 Å². The van der Waals surface area contributed by atoms with E-state index in [1.54, 1.807) is 36.8 Å². The second-order valence-corrected chi connectivity index (χ2v) is 7.88. The lowest BCUT2D eigenvalue weighted by molar-refractivity contribution is 0.0823. The van der Waals surface area contributed by atoms with Crippen LogP contribution in [0, 0.1) is 12.7 Å². The van der Waals surface area contributed by atoms with Crippen molar-refractivity contribution >= 4 is 11.6 Å². The Labute approximate surface area is 180 Å². The molecule has 0 bridgehead atoms. The summed E-state index contributed by atoms with van der Waals surface area (Å²) in [6.45, 7) is 5.62. The van der Waals surface area contributed by atoms with E-state index < -0.39 is 0 Å². The molecule has 2 heterocycles. The first-order valence-electron chi connectivity index (χ1n) is 10.1. The first kappa shape index (κ1) is 20.7. The SMILES string of the molecule is Cc1ccc(-c2cc(C(=O)NC(C)C)cc(C3=NOC(c4cnccn4)C3)c2)c(F)c1. The van der Waals surface area contributed by atoms with Crippen LogP contribution in [-0.2, 0) is 4.84 Å². The Hall–Kier alpha value is -3.61. The van der Waals surface area contributed by atoms with Gasteiger partial charge in [0.15, 0.2) is 6.10 Å². The number of hydrogen-bond donors (Lipinski definition) is 1. The highest BCUT2D eigenvalue weighted by Crippen LogP contribution is 2.31. The number of hydrogen-bond acceptors (Lipinski definition) is 5. The Morgan fingerprint density at radius 2 is 1.97 bits per heavy atom. The van der Waals surface area contributed by atoms with Crippen molar-refractivity contribution < 1.29 is 14.0 Å². The summed E-state index contributed by atoms with van der Waals surface area (Å²) in [5.41, 5.74) is 4.36. The summed E-state index contributed by atoms with van der Waals surface area (Å²) in [5, 5.41) is 7.11. The standard InChI is InChI=1S/C24H23FN4O2/c1-14(2)28-24(30)18-10-16(19-5-4-15(3)8-20(19)25)9-17(11-18)21-12-23(31-29-21)22-13-26-6-7-27-22/h4-11,13-14,23H,12H2,1-3H3,(H,28,30). The lowest BCUT2D eigenvalue weighted by atomic mass is 9.94. The molecule has 0 aliphatic carbocycles. The van der Waals surface area contributed by atoms with Gasteiger partial charge in [-0.2, -0.15) is 0 Å². The van der Waals surface area contributed by atoms with Crippen LogP contribution in [0.3, 0.4) is 0 Å². The summed E-state index contributed by atoms with van der Waals surface area (Å²) < 4.78 is 14.7. The number of oxime groups is 1. The quantitative estimate of drug-likeness (QED) is 0.657. The number of nitrogens with one attached hydrogen (secondary N) is 1. The largest absolute Gasteiger partial charge is 0.385 e. The van der Waals surface area contributed by atoms with Gasteiger partial charge in [-0.3, -0.25) is 14.8 Å². The van der Waals surface area contributed by atoms with E-state index in [1.165, 1.54) is 6.07 Å². The molecule has 4 rings (SSSR count). The highest BCUT2D eigenvalue weighted by molar-refractivity contribution is 6.05. The van der Waals surface area contributed by atoms with Crippen LogP contribution in [0.4, 0.5) is 4.39 Å². The fraction of sp³-hybridized carbons (Fsp3) is 0.250. The summed E-state index contributed by atoms with van der Waals surface area (Å²) in [5.74, 6) is -0.565. The maximum Gasteiger partial charge on any atom is 0.251 e. The molecule has 1 unspecified atom stereocenters. The molecule has 0 radical (unpaired) electrons. The minimum absolute atomic E-state index is 0.0242. The lowest BCUT2D eigenvalue weighted by Gasteiger charge is -2.13. The summed E-state index contributed by atoms with van der Waals surface area (Å²) in [4.78, 5) is 26.7. The first-order chi connectivity index (χ1) is 14.9. The molecule has 0 saturated carbocycles. The molecule has 1 amide bonds. The van der Waals surface area contributed by atoms with Gasteiger partial charge in [-0.25, -0.2) is 4.39 Å². The van der Waals surface area contributed by atoms with E-state index in [4.69, 9.17) is 4.84 Å². The van der Waals surface area contributed by atoms with Crippen molar-refractivity contribution in [1.29, 1.82) is 0 Å². The van der Waals surface area contributed by atoms with E-state index >= 15 is 0 Å². The van der Waals surface area contributed by atoms with Crippen LogP contribution >= 0.6 is 0 Å². The molecule has 0 spiro atoms. The molecule has 3 aromatic rings. The third kappa shape index (κ3) is 4.60. The zero-order valence-corrected chi connectivity index (χ0v) is 17.6. The Kier molecular flexibility index (Phi) is 5.75. The van der Waals surface area contributed by atoms with Crippen LogP contribution in [0.25, 0.3) is 11.1 Å². The molecule has 0 saturated heterocycles. The highest BCUT2D eigenvalue weighted by atomic mass is 19.1. The molecule has 158 valence electrons. The molecule has 1 aliphatic rings. The van der Waals surface area contributed by atoms with Crippen LogP contribution in [0.15, 0.2) is 60.1 Å². The lowest BCUT2D eigenvalue weighted by Crippen LogP contribution is -2.30. The molecule has 31 heavy (non-hydrogen) atoms. The van der Waals surface area contributed by atoms with E-state index in [-0.39, 0.29) is 23.9 Å². The van der Waals surface area contributed by atoms with Gasteiger partial charge in [-0.05, 0) is 56.2 Å². The van der Waals surface area contributed by atoms with Gasteiger partial charge < -0.3 is 10.2 Å². The van der Waals surface area contributed by atoms with E-state index in [0.717, 1.165) is 5.56 Å². The molecule has 1 N–H and O–H groups in total. The predicted molar refractivity (Wildman–Crippen MR) is 116 cm³/mol. The Bertz CT molecular complexity index is 1150. The second kappa shape index (κ2) is 8.63. The number of carbonyl (C=O) groups excluding carboxylic acids is 1. The summed E-state index contributed by atoms with van der Waals surface area (Å²) in [6, 6.07) is 10.3. The molecule has 7 heteroatoms. The number of carbonyl (C=O) groups is 1. The number of aromatic nitrogens is 2. The normalized spacial score (nSPS) is 15.5. The average Bonchev–Trinajstić information content (AvgIpc) is 3.24. The Balaban J connectivity index is 1.72. The molecule has 1 aromatic heterocycles. The van der Waals surface area contributed by atoms with Crippen molar-refractivity contribution in [3.63, 3.8) is 0 Å². The van der Waals surface area contributed by atoms with Gasteiger partial charge in [0, 0.05) is 41.5 Å². The minimum Gasteiger partial charge on any atom is -0.385 e. The fourth-order valence-electron chi connectivity index (χ4n) is 3.46. The summed E-state index contributed by atoms with van der Waals surface area (Å²) >= 11 is 0. The number of amides is 1. The van der Waals surface area contributed by atoms with E-state index in [1.807, 2.05) is 32.9 Å². The third-order valence-corrected chi connectivity index (χ3v) is 4.97. The summed E-state index contributed by atoms with van der Waals surface area (Å²) in [7, 11) is 0. The van der Waals surface area contributed by atoms with Gasteiger partial charge in [0.25, 0.3) is 5.91 Å². The van der Waals surface area contributed by atoms with Gasteiger partial charge in [0.2, 0.25) is 0 Å². The molecule has 6 nitrogen and oxygen atoms in total. The van der Waals surface area contributed by atoms with Crippen LogP contribution in [0.1, 0.15) is 53.6 Å².